The molecule has 4 aliphatic rings. The maximum absolute atomic E-state index is 13.8. The fourth-order valence-electron chi connectivity index (χ4n) is 7.29. The van der Waals surface area contributed by atoms with Gasteiger partial charge in [0.2, 0.25) is 11.7 Å². The summed E-state index contributed by atoms with van der Waals surface area (Å²) in [6.45, 7) is 5.03. The number of hydrogen-bond acceptors (Lipinski definition) is 10. The number of methoxy groups -OCH3 is 3. The van der Waals surface area contributed by atoms with E-state index in [0.717, 1.165) is 16.7 Å². The number of Topliss-reactive ketones (excluding diaryl/α,β-unsaturated/α-hetero) is 2. The number of amides is 1. The Balaban J connectivity index is 1.75. The van der Waals surface area contributed by atoms with Crippen molar-refractivity contribution in [1.29, 1.82) is 5.26 Å². The van der Waals surface area contributed by atoms with Crippen molar-refractivity contribution in [2.45, 2.75) is 63.8 Å². The molecular formula is C30H36N4O7. The van der Waals surface area contributed by atoms with Crippen molar-refractivity contribution in [3.63, 3.8) is 0 Å². The minimum atomic E-state index is -0.706. The van der Waals surface area contributed by atoms with Gasteiger partial charge in [-0.05, 0) is 44.9 Å². The topological polar surface area (TPSA) is 130 Å². The van der Waals surface area contributed by atoms with Gasteiger partial charge >= 0.3 is 0 Å². The summed E-state index contributed by atoms with van der Waals surface area (Å²) in [5, 5.41) is 13.4. The van der Waals surface area contributed by atoms with E-state index in [1.165, 1.54) is 14.0 Å². The van der Waals surface area contributed by atoms with E-state index in [1.54, 1.807) is 21.1 Å². The van der Waals surface area contributed by atoms with Crippen LogP contribution in [-0.4, -0.2) is 93.2 Å². The number of aryl methyl sites for hydroxylation is 1. The standard InChI is InChI=1S/C30H36N4O7/c1-14-8-17-9-19-21(11-31)34-20(25(33(19)4)23(17)30(28(14)39-6)41-13-38-5)10-18-24(22(34)12-32-16(3)35)27(37)29(40-7)15(2)26(18)36/h8,19-22,25H,9-10,12-13H2,1-7H3,(H,32,35)/t19-,20?,21-,22?,25+/m0/s1. The van der Waals surface area contributed by atoms with Crippen molar-refractivity contribution < 1.29 is 33.3 Å². The number of ether oxygens (including phenoxy) is 4. The number of benzene rings is 1. The summed E-state index contributed by atoms with van der Waals surface area (Å²) in [5.41, 5.74) is 3.82. The van der Waals surface area contributed by atoms with Crippen molar-refractivity contribution in [3.05, 3.63) is 45.2 Å². The molecule has 1 N–H and O–H groups in total. The third kappa shape index (κ3) is 4.33. The zero-order chi connectivity index (χ0) is 29.7. The Morgan fingerprint density at radius 1 is 1.10 bits per heavy atom. The highest BCUT2D eigenvalue weighted by Crippen LogP contribution is 2.54. The van der Waals surface area contributed by atoms with Gasteiger partial charge in [-0.1, -0.05) is 6.07 Å². The van der Waals surface area contributed by atoms with Crippen molar-refractivity contribution >= 4 is 17.5 Å². The third-order valence-corrected chi connectivity index (χ3v) is 8.91. The van der Waals surface area contributed by atoms with Gasteiger partial charge in [-0.2, -0.15) is 5.26 Å². The van der Waals surface area contributed by atoms with Gasteiger partial charge in [-0.25, -0.2) is 0 Å². The number of fused-ring (bicyclic) bond motifs is 6. The van der Waals surface area contributed by atoms with Gasteiger partial charge in [0.15, 0.2) is 29.8 Å². The number of likely N-dealkylation sites (N-methyl/N-ethyl adjacent to an activating group) is 1. The lowest BCUT2D eigenvalue weighted by Gasteiger charge is -2.60. The highest BCUT2D eigenvalue weighted by Gasteiger charge is 2.58. The van der Waals surface area contributed by atoms with Crippen LogP contribution in [0.2, 0.25) is 0 Å². The van der Waals surface area contributed by atoms with Crippen LogP contribution in [0.4, 0.5) is 0 Å². The maximum Gasteiger partial charge on any atom is 0.226 e. The summed E-state index contributed by atoms with van der Waals surface area (Å²) in [6.07, 6.45) is 0.802. The molecule has 1 fully saturated rings. The molecular weight excluding hydrogens is 528 g/mol. The van der Waals surface area contributed by atoms with E-state index in [9.17, 15) is 19.6 Å². The largest absolute Gasteiger partial charge is 0.493 e. The summed E-state index contributed by atoms with van der Waals surface area (Å²) in [6, 6.07) is 2.37. The second-order valence-corrected chi connectivity index (χ2v) is 11.0. The Bertz CT molecular complexity index is 1420. The number of hydrogen-bond donors (Lipinski definition) is 1. The van der Waals surface area contributed by atoms with Crippen LogP contribution in [0.3, 0.4) is 0 Å². The van der Waals surface area contributed by atoms with Gasteiger partial charge in [0.25, 0.3) is 0 Å². The molecule has 0 radical (unpaired) electrons. The normalized spacial score (nSPS) is 27.5. The average molecular weight is 565 g/mol. The first-order valence-electron chi connectivity index (χ1n) is 13.6. The van der Waals surface area contributed by atoms with Gasteiger partial charge in [0, 0.05) is 54.9 Å². The lowest BCUT2D eigenvalue weighted by Crippen LogP contribution is -2.71. The minimum absolute atomic E-state index is 0.00339. The lowest BCUT2D eigenvalue weighted by molar-refractivity contribution is -0.124. The Morgan fingerprint density at radius 2 is 1.83 bits per heavy atom. The van der Waals surface area contributed by atoms with Crippen molar-refractivity contribution in [2.24, 2.45) is 0 Å². The third-order valence-electron chi connectivity index (χ3n) is 8.91. The number of nitriles is 1. The van der Waals surface area contributed by atoms with Crippen molar-refractivity contribution in [2.75, 3.05) is 41.7 Å². The number of ketones is 2. The predicted octanol–water partition coefficient (Wildman–Crippen LogP) is 1.74. The molecule has 5 atom stereocenters. The Kier molecular flexibility index (Phi) is 7.68. The first-order chi connectivity index (χ1) is 19.6. The molecule has 0 aromatic heterocycles. The molecule has 2 unspecified atom stereocenters. The molecule has 5 rings (SSSR count). The molecule has 3 heterocycles. The summed E-state index contributed by atoms with van der Waals surface area (Å²) in [7, 11) is 6.50. The number of carbonyl (C=O) groups is 3. The van der Waals surface area contributed by atoms with Crippen LogP contribution in [0.1, 0.15) is 43.0 Å². The molecule has 1 aliphatic carbocycles. The second-order valence-electron chi connectivity index (χ2n) is 11.0. The summed E-state index contributed by atoms with van der Waals surface area (Å²) >= 11 is 0. The Hall–Kier alpha value is -3.72. The highest BCUT2D eigenvalue weighted by molar-refractivity contribution is 6.25. The summed E-state index contributed by atoms with van der Waals surface area (Å²) < 4.78 is 22.6. The number of nitrogens with zero attached hydrogens (tertiary/aromatic N) is 3. The van der Waals surface area contributed by atoms with E-state index < -0.39 is 12.1 Å². The van der Waals surface area contributed by atoms with E-state index >= 15 is 0 Å². The molecule has 11 nitrogen and oxygen atoms in total. The molecule has 41 heavy (non-hydrogen) atoms. The molecule has 2 bridgehead atoms. The zero-order valence-corrected chi connectivity index (χ0v) is 24.5. The quantitative estimate of drug-likeness (QED) is 0.386. The summed E-state index contributed by atoms with van der Waals surface area (Å²) in [4.78, 5) is 43.9. The van der Waals surface area contributed by atoms with Gasteiger partial charge in [-0.15, -0.1) is 0 Å². The van der Waals surface area contributed by atoms with E-state index in [-0.39, 0.29) is 66.7 Å². The van der Waals surface area contributed by atoms with Crippen LogP contribution in [0.15, 0.2) is 28.5 Å². The SMILES string of the molecule is COCOc1c(OC)c(C)cc2c1[C@H]1C3CC4=C(C(=O)C(OC)=C(C)C4=O)C(CNC(C)=O)N3[C@@H](C#N)[C@H](C2)N1C. The molecule has 1 aromatic rings. The highest BCUT2D eigenvalue weighted by atomic mass is 16.7. The Labute approximate surface area is 239 Å². The molecule has 0 spiro atoms. The Morgan fingerprint density at radius 3 is 2.44 bits per heavy atom. The number of rotatable bonds is 7. The fraction of sp³-hybridized carbons (Fsp3) is 0.533. The molecule has 1 aromatic carbocycles. The van der Waals surface area contributed by atoms with Crippen LogP contribution in [-0.2, 0) is 30.3 Å². The van der Waals surface area contributed by atoms with Gasteiger partial charge in [0.05, 0.1) is 32.4 Å². The van der Waals surface area contributed by atoms with Gasteiger partial charge in [-0.3, -0.25) is 24.2 Å². The fourth-order valence-corrected chi connectivity index (χ4v) is 7.29. The van der Waals surface area contributed by atoms with Crippen LogP contribution >= 0.6 is 0 Å². The first-order valence-corrected chi connectivity index (χ1v) is 13.6. The number of allylic oxidation sites excluding steroid dienone is 2. The van der Waals surface area contributed by atoms with E-state index in [1.807, 2.05) is 18.9 Å². The first kappa shape index (κ1) is 28.8. The molecule has 1 saturated heterocycles. The van der Waals surface area contributed by atoms with Gasteiger partial charge < -0.3 is 24.3 Å². The van der Waals surface area contributed by atoms with Crippen molar-refractivity contribution in [3.8, 4) is 17.6 Å². The summed E-state index contributed by atoms with van der Waals surface area (Å²) in [5.74, 6) is 0.262. The van der Waals surface area contributed by atoms with Crippen LogP contribution in [0, 0.1) is 18.3 Å². The lowest BCUT2D eigenvalue weighted by atomic mass is 9.69. The van der Waals surface area contributed by atoms with E-state index in [0.29, 0.717) is 29.1 Å². The predicted molar refractivity (Wildman–Crippen MR) is 147 cm³/mol. The van der Waals surface area contributed by atoms with E-state index in [2.05, 4.69) is 22.4 Å². The second kappa shape index (κ2) is 10.9. The number of piperazine rings is 1. The molecule has 0 saturated carbocycles. The smallest absolute Gasteiger partial charge is 0.226 e. The molecule has 218 valence electrons. The average Bonchev–Trinajstić information content (AvgIpc) is 2.93. The molecule has 3 aliphatic heterocycles. The van der Waals surface area contributed by atoms with Crippen molar-refractivity contribution in [1.82, 2.24) is 15.1 Å². The van der Waals surface area contributed by atoms with Crippen LogP contribution in [0.25, 0.3) is 0 Å². The van der Waals surface area contributed by atoms with Crippen LogP contribution in [0.5, 0.6) is 11.5 Å². The minimum Gasteiger partial charge on any atom is -0.493 e. The monoisotopic (exact) mass is 564 g/mol. The van der Waals surface area contributed by atoms with E-state index in [4.69, 9.17) is 18.9 Å². The number of nitrogens with one attached hydrogen (secondary N) is 1. The number of carbonyl (C=O) groups excluding carboxylic acids is 3. The van der Waals surface area contributed by atoms with Crippen LogP contribution < -0.4 is 14.8 Å². The molecule has 11 heteroatoms. The maximum atomic E-state index is 13.8. The van der Waals surface area contributed by atoms with Gasteiger partial charge in [0.1, 0.15) is 6.04 Å². The zero-order valence-electron chi connectivity index (χ0n) is 24.5. The molecule has 1 amide bonds.